The molecule has 0 unspecified atom stereocenters. The lowest BCUT2D eigenvalue weighted by atomic mass is 10.1. The summed E-state index contributed by atoms with van der Waals surface area (Å²) in [6, 6.07) is 23.9. The van der Waals surface area contributed by atoms with Crippen LogP contribution in [0.25, 0.3) is 40.1 Å². The number of para-hydroxylation sites is 1. The van der Waals surface area contributed by atoms with Crippen molar-refractivity contribution in [2.24, 2.45) is 0 Å². The number of ether oxygens (including phenoxy) is 2. The SMILES string of the molecule is CCCCOc1ccc(/C=C/c2nc3s/c(=C\c4cn(-c5ccccc5)nc4-c4ccc(C)cc4)c(=O)n3n2)cc1OC. The van der Waals surface area contributed by atoms with Gasteiger partial charge in [0.25, 0.3) is 5.56 Å². The minimum atomic E-state index is -0.218. The summed E-state index contributed by atoms with van der Waals surface area (Å²) >= 11 is 1.30. The number of methoxy groups -OCH3 is 1. The van der Waals surface area contributed by atoms with Crippen LogP contribution in [0.2, 0.25) is 0 Å². The Morgan fingerprint density at radius 1 is 0.953 bits per heavy atom. The Kier molecular flexibility index (Phi) is 8.15. The van der Waals surface area contributed by atoms with Gasteiger partial charge in [-0.25, -0.2) is 4.68 Å². The zero-order chi connectivity index (χ0) is 29.8. The molecule has 0 saturated heterocycles. The molecule has 9 heteroatoms. The molecule has 0 spiro atoms. The third-order valence-corrected chi connectivity index (χ3v) is 7.90. The van der Waals surface area contributed by atoms with Gasteiger partial charge >= 0.3 is 0 Å². The van der Waals surface area contributed by atoms with Crippen LogP contribution in [0.15, 0.2) is 83.8 Å². The maximum atomic E-state index is 13.4. The third kappa shape index (κ3) is 6.12. The molecule has 0 aliphatic heterocycles. The van der Waals surface area contributed by atoms with E-state index in [1.54, 1.807) is 13.2 Å². The minimum absolute atomic E-state index is 0.218. The molecule has 216 valence electrons. The predicted molar refractivity (Wildman–Crippen MR) is 172 cm³/mol. The third-order valence-electron chi connectivity index (χ3n) is 6.94. The molecule has 0 aliphatic rings. The summed E-state index contributed by atoms with van der Waals surface area (Å²) in [5, 5.41) is 9.34. The fourth-order valence-corrected chi connectivity index (χ4v) is 5.51. The molecule has 8 nitrogen and oxygen atoms in total. The van der Waals surface area contributed by atoms with Crippen LogP contribution in [0, 0.1) is 6.92 Å². The Balaban J connectivity index is 1.31. The molecule has 0 radical (unpaired) electrons. The van der Waals surface area contributed by atoms with Crippen LogP contribution >= 0.6 is 11.3 Å². The second-order valence-electron chi connectivity index (χ2n) is 10.1. The van der Waals surface area contributed by atoms with Gasteiger partial charge in [-0.2, -0.15) is 14.6 Å². The Bertz CT molecular complexity index is 2010. The Hall–Kier alpha value is -5.02. The largest absolute Gasteiger partial charge is 0.493 e. The number of aryl methyl sites for hydroxylation is 1. The highest BCUT2D eigenvalue weighted by atomic mass is 32.1. The maximum Gasteiger partial charge on any atom is 0.291 e. The van der Waals surface area contributed by atoms with Crippen LogP contribution in [0.3, 0.4) is 0 Å². The van der Waals surface area contributed by atoms with E-state index in [0.29, 0.717) is 33.4 Å². The van der Waals surface area contributed by atoms with Crippen LogP contribution in [-0.4, -0.2) is 38.1 Å². The van der Waals surface area contributed by atoms with E-state index in [9.17, 15) is 4.79 Å². The number of hydrogen-bond acceptors (Lipinski definition) is 7. The minimum Gasteiger partial charge on any atom is -0.493 e. The quantitative estimate of drug-likeness (QED) is 0.177. The Morgan fingerprint density at radius 2 is 1.77 bits per heavy atom. The van der Waals surface area contributed by atoms with Gasteiger partial charge in [-0.15, -0.1) is 5.10 Å². The fraction of sp³-hybridized carbons (Fsp3) is 0.176. The molecule has 3 aromatic carbocycles. The van der Waals surface area contributed by atoms with Crippen molar-refractivity contribution in [2.75, 3.05) is 13.7 Å². The fourth-order valence-electron chi connectivity index (χ4n) is 4.61. The molecule has 3 heterocycles. The number of fused-ring (bicyclic) bond motifs is 1. The summed E-state index contributed by atoms with van der Waals surface area (Å²) in [4.78, 5) is 18.5. The molecular weight excluding hydrogens is 558 g/mol. The molecule has 0 amide bonds. The summed E-state index contributed by atoms with van der Waals surface area (Å²) in [7, 11) is 1.63. The van der Waals surface area contributed by atoms with E-state index in [0.717, 1.165) is 40.9 Å². The van der Waals surface area contributed by atoms with Crippen LogP contribution < -0.4 is 19.6 Å². The lowest BCUT2D eigenvalue weighted by Gasteiger charge is -2.10. The lowest BCUT2D eigenvalue weighted by Crippen LogP contribution is -2.23. The average Bonchev–Trinajstić information content (AvgIpc) is 3.72. The highest BCUT2D eigenvalue weighted by Gasteiger charge is 2.14. The van der Waals surface area contributed by atoms with Crippen LogP contribution in [0.4, 0.5) is 0 Å². The second-order valence-corrected chi connectivity index (χ2v) is 11.1. The molecule has 0 fully saturated rings. The number of hydrogen-bond donors (Lipinski definition) is 0. The van der Waals surface area contributed by atoms with Gasteiger partial charge in [0.1, 0.15) is 0 Å². The highest BCUT2D eigenvalue weighted by molar-refractivity contribution is 7.15. The molecule has 3 aromatic heterocycles. The molecule has 6 aromatic rings. The second kappa shape index (κ2) is 12.5. The van der Waals surface area contributed by atoms with E-state index in [1.165, 1.54) is 21.4 Å². The van der Waals surface area contributed by atoms with Crippen molar-refractivity contribution in [1.29, 1.82) is 0 Å². The van der Waals surface area contributed by atoms with Crippen molar-refractivity contribution >= 4 is 34.5 Å². The van der Waals surface area contributed by atoms with Gasteiger partial charge in [0, 0.05) is 17.3 Å². The van der Waals surface area contributed by atoms with Crippen molar-refractivity contribution in [2.45, 2.75) is 26.7 Å². The zero-order valence-electron chi connectivity index (χ0n) is 24.2. The first-order valence-electron chi connectivity index (χ1n) is 14.1. The maximum absolute atomic E-state index is 13.4. The smallest absolute Gasteiger partial charge is 0.291 e. The topological polar surface area (TPSA) is 83.5 Å². The summed E-state index contributed by atoms with van der Waals surface area (Å²) < 4.78 is 15.1. The first kappa shape index (κ1) is 28.1. The van der Waals surface area contributed by atoms with Gasteiger partial charge in [0.2, 0.25) is 4.96 Å². The zero-order valence-corrected chi connectivity index (χ0v) is 25.0. The van der Waals surface area contributed by atoms with E-state index in [1.807, 2.05) is 83.7 Å². The molecule has 0 aliphatic carbocycles. The van der Waals surface area contributed by atoms with Crippen LogP contribution in [0.5, 0.6) is 11.5 Å². The summed E-state index contributed by atoms with van der Waals surface area (Å²) in [5.74, 6) is 1.84. The standard InChI is InChI=1S/C34H31N5O3S/c1-4-5-19-42-28-17-13-24(20-29(28)41-3)14-18-31-35-34-39(36-31)33(40)30(43-34)21-26-22-38(27-9-7-6-8-10-27)37-32(26)25-15-11-23(2)12-16-25/h6-18,20-22H,4-5,19H2,1-3H3/b18-14+,30-21-. The molecule has 0 atom stereocenters. The van der Waals surface area contributed by atoms with Gasteiger partial charge in [-0.1, -0.05) is 84.9 Å². The number of aromatic nitrogens is 5. The van der Waals surface area contributed by atoms with Gasteiger partial charge in [0.15, 0.2) is 17.3 Å². The Labute approximate surface area is 253 Å². The number of nitrogens with zero attached hydrogens (tertiary/aromatic N) is 5. The first-order valence-corrected chi connectivity index (χ1v) is 15.0. The van der Waals surface area contributed by atoms with Gasteiger partial charge in [-0.05, 0) is 55.3 Å². The predicted octanol–water partition coefficient (Wildman–Crippen LogP) is 6.22. The van der Waals surface area contributed by atoms with Crippen LogP contribution in [0.1, 0.15) is 42.3 Å². The van der Waals surface area contributed by atoms with Crippen molar-refractivity contribution in [3.63, 3.8) is 0 Å². The van der Waals surface area contributed by atoms with Gasteiger partial charge in [-0.3, -0.25) is 4.79 Å². The monoisotopic (exact) mass is 589 g/mol. The first-order chi connectivity index (χ1) is 21.0. The van der Waals surface area contributed by atoms with E-state index >= 15 is 0 Å². The average molecular weight is 590 g/mol. The molecule has 6 rings (SSSR count). The van der Waals surface area contributed by atoms with Crippen molar-refractivity contribution in [1.82, 2.24) is 24.4 Å². The molecule has 43 heavy (non-hydrogen) atoms. The summed E-state index contributed by atoms with van der Waals surface area (Å²) in [6.07, 6.45) is 9.55. The summed E-state index contributed by atoms with van der Waals surface area (Å²) in [6.45, 7) is 4.83. The van der Waals surface area contributed by atoms with Crippen molar-refractivity contribution in [3.05, 3.63) is 116 Å². The van der Waals surface area contributed by atoms with E-state index in [4.69, 9.17) is 14.6 Å². The molecular formula is C34H31N5O3S. The number of rotatable bonds is 10. The van der Waals surface area contributed by atoms with E-state index in [2.05, 4.69) is 36.1 Å². The number of thiazole rings is 1. The van der Waals surface area contributed by atoms with Gasteiger partial charge in [0.05, 0.1) is 29.6 Å². The van der Waals surface area contributed by atoms with Crippen molar-refractivity contribution in [3.8, 4) is 28.4 Å². The van der Waals surface area contributed by atoms with E-state index in [-0.39, 0.29) is 5.56 Å². The Morgan fingerprint density at radius 3 is 2.51 bits per heavy atom. The number of benzene rings is 3. The van der Waals surface area contributed by atoms with Crippen molar-refractivity contribution < 1.29 is 9.47 Å². The summed E-state index contributed by atoms with van der Waals surface area (Å²) in [5.41, 5.74) is 5.41. The van der Waals surface area contributed by atoms with E-state index < -0.39 is 0 Å². The van der Waals surface area contributed by atoms with Gasteiger partial charge < -0.3 is 9.47 Å². The normalized spacial score (nSPS) is 12.0. The molecule has 0 N–H and O–H groups in total. The number of unbranched alkanes of at least 4 members (excludes halogenated alkanes) is 1. The van der Waals surface area contributed by atoms with Crippen LogP contribution in [-0.2, 0) is 0 Å². The molecule has 0 bridgehead atoms. The molecule has 0 saturated carbocycles. The highest BCUT2D eigenvalue weighted by Crippen LogP contribution is 2.29. The lowest BCUT2D eigenvalue weighted by molar-refractivity contribution is 0.288.